The number of hydrogen-bond acceptors (Lipinski definition) is 2. The van der Waals surface area contributed by atoms with E-state index in [1.165, 1.54) is 24.0 Å². The highest BCUT2D eigenvalue weighted by Crippen LogP contribution is 2.28. The molecule has 0 spiro atoms. The van der Waals surface area contributed by atoms with Crippen molar-refractivity contribution in [1.29, 1.82) is 0 Å². The van der Waals surface area contributed by atoms with E-state index in [2.05, 4.69) is 26.5 Å². The van der Waals surface area contributed by atoms with E-state index in [9.17, 15) is 0 Å². The van der Waals surface area contributed by atoms with Gasteiger partial charge in [0.15, 0.2) is 0 Å². The summed E-state index contributed by atoms with van der Waals surface area (Å²) in [6.07, 6.45) is 14.9. The minimum Gasteiger partial charge on any atom is -0.354 e. The molecule has 0 saturated heterocycles. The highest BCUT2D eigenvalue weighted by Gasteiger charge is 2.18. The van der Waals surface area contributed by atoms with Gasteiger partial charge in [-0.2, -0.15) is 0 Å². The minimum atomic E-state index is 0.253. The van der Waals surface area contributed by atoms with Crippen LogP contribution < -0.4 is 5.73 Å². The third-order valence-corrected chi connectivity index (χ3v) is 3.75. The Hall–Kier alpha value is -1.55. The lowest BCUT2D eigenvalue weighted by atomic mass is 9.92. The molecule has 4 nitrogen and oxygen atoms in total. The molecule has 0 aromatic carbocycles. The number of hydrogen-bond donors (Lipinski definition) is 1. The van der Waals surface area contributed by atoms with Gasteiger partial charge in [-0.05, 0) is 36.8 Å². The summed E-state index contributed by atoms with van der Waals surface area (Å²) in [6, 6.07) is 0.253. The summed E-state index contributed by atoms with van der Waals surface area (Å²) in [6.45, 7) is 2.08. The van der Waals surface area contributed by atoms with Crippen molar-refractivity contribution in [3.63, 3.8) is 0 Å². The third kappa shape index (κ3) is 2.34. The smallest absolute Gasteiger partial charge is 0.0945 e. The quantitative estimate of drug-likeness (QED) is 0.895. The first-order chi connectivity index (χ1) is 8.83. The Morgan fingerprint density at radius 3 is 2.94 bits per heavy atom. The Morgan fingerprint density at radius 2 is 2.17 bits per heavy atom. The van der Waals surface area contributed by atoms with Crippen LogP contribution in [-0.4, -0.2) is 14.1 Å². The predicted octanol–water partition coefficient (Wildman–Crippen LogP) is 2.11. The highest BCUT2D eigenvalue weighted by atomic mass is 15.0. The highest BCUT2D eigenvalue weighted by molar-refractivity contribution is 5.29. The van der Waals surface area contributed by atoms with Crippen molar-refractivity contribution in [2.24, 2.45) is 5.73 Å². The van der Waals surface area contributed by atoms with Crippen molar-refractivity contribution < 1.29 is 0 Å². The third-order valence-electron chi connectivity index (χ3n) is 3.75. The average molecular weight is 244 g/mol. The maximum Gasteiger partial charge on any atom is 0.0945 e. The monoisotopic (exact) mass is 244 g/mol. The second-order valence-electron chi connectivity index (χ2n) is 5.13. The molecule has 2 heterocycles. The molecular weight excluding hydrogens is 224 g/mol. The van der Waals surface area contributed by atoms with Crippen LogP contribution in [0.2, 0.25) is 0 Å². The van der Waals surface area contributed by atoms with Crippen molar-refractivity contribution in [2.75, 3.05) is 0 Å². The predicted molar refractivity (Wildman–Crippen MR) is 71.1 cm³/mol. The lowest BCUT2D eigenvalue weighted by molar-refractivity contribution is 0.561. The summed E-state index contributed by atoms with van der Waals surface area (Å²) in [5.41, 5.74) is 8.96. The zero-order valence-corrected chi connectivity index (χ0v) is 10.6. The standard InChI is InChI=1S/C14H20N4/c15-14-4-1-3-12-9-18(10-13(12)14)7-2-6-17-8-5-16-11-17/h5,8-11,14H,1-4,6-7,15H2. The fourth-order valence-electron chi connectivity index (χ4n) is 2.77. The number of nitrogens with zero attached hydrogens (tertiary/aromatic N) is 3. The van der Waals surface area contributed by atoms with E-state index in [1.807, 2.05) is 18.7 Å². The number of imidazole rings is 1. The average Bonchev–Trinajstić information content (AvgIpc) is 2.98. The minimum absolute atomic E-state index is 0.253. The van der Waals surface area contributed by atoms with E-state index in [0.717, 1.165) is 25.9 Å². The molecule has 0 fully saturated rings. The van der Waals surface area contributed by atoms with Crippen molar-refractivity contribution in [3.8, 4) is 0 Å². The number of rotatable bonds is 4. The van der Waals surface area contributed by atoms with Gasteiger partial charge in [0.05, 0.1) is 6.33 Å². The van der Waals surface area contributed by atoms with E-state index in [-0.39, 0.29) is 6.04 Å². The number of fused-ring (bicyclic) bond motifs is 1. The van der Waals surface area contributed by atoms with Gasteiger partial charge in [0.2, 0.25) is 0 Å². The molecular formula is C14H20N4. The molecule has 0 aliphatic heterocycles. The molecule has 0 radical (unpaired) electrons. The van der Waals surface area contributed by atoms with E-state index < -0.39 is 0 Å². The molecule has 18 heavy (non-hydrogen) atoms. The molecule has 0 amide bonds. The fourth-order valence-corrected chi connectivity index (χ4v) is 2.77. The molecule has 2 aromatic heterocycles. The van der Waals surface area contributed by atoms with Crippen LogP contribution in [0.15, 0.2) is 31.1 Å². The van der Waals surface area contributed by atoms with Gasteiger partial charge in [-0.15, -0.1) is 0 Å². The fraction of sp³-hybridized carbons (Fsp3) is 0.500. The van der Waals surface area contributed by atoms with Crippen molar-refractivity contribution in [1.82, 2.24) is 14.1 Å². The first-order valence-electron chi connectivity index (χ1n) is 6.73. The lowest BCUT2D eigenvalue weighted by Crippen LogP contribution is -2.15. The Labute approximate surface area is 107 Å². The number of aromatic nitrogens is 3. The van der Waals surface area contributed by atoms with Gasteiger partial charge in [0.1, 0.15) is 0 Å². The molecule has 4 heteroatoms. The molecule has 1 aliphatic carbocycles. The molecule has 1 aliphatic rings. The second-order valence-corrected chi connectivity index (χ2v) is 5.13. The summed E-state index contributed by atoms with van der Waals surface area (Å²) in [5.74, 6) is 0. The summed E-state index contributed by atoms with van der Waals surface area (Å²) < 4.78 is 4.42. The van der Waals surface area contributed by atoms with Crippen LogP contribution in [0.3, 0.4) is 0 Å². The van der Waals surface area contributed by atoms with Crippen LogP contribution >= 0.6 is 0 Å². The van der Waals surface area contributed by atoms with Crippen molar-refractivity contribution in [2.45, 2.75) is 44.8 Å². The number of nitrogens with two attached hydrogens (primary N) is 1. The number of aryl methyl sites for hydroxylation is 3. The SMILES string of the molecule is NC1CCCc2cn(CCCn3ccnc3)cc21. The zero-order chi connectivity index (χ0) is 12.4. The molecule has 2 N–H and O–H groups in total. The molecule has 1 atom stereocenters. The van der Waals surface area contributed by atoms with E-state index >= 15 is 0 Å². The van der Waals surface area contributed by atoms with Crippen LogP contribution in [0.1, 0.15) is 36.4 Å². The maximum absolute atomic E-state index is 6.14. The van der Waals surface area contributed by atoms with Gasteiger partial charge in [-0.3, -0.25) is 0 Å². The van der Waals surface area contributed by atoms with Gasteiger partial charge in [0.25, 0.3) is 0 Å². The molecule has 3 rings (SSSR count). The van der Waals surface area contributed by atoms with Crippen LogP contribution in [0, 0.1) is 0 Å². The van der Waals surface area contributed by atoms with Crippen LogP contribution in [0.4, 0.5) is 0 Å². The molecule has 1 unspecified atom stereocenters. The largest absolute Gasteiger partial charge is 0.354 e. The van der Waals surface area contributed by atoms with Crippen LogP contribution in [-0.2, 0) is 19.5 Å². The van der Waals surface area contributed by atoms with Gasteiger partial charge >= 0.3 is 0 Å². The molecule has 0 saturated carbocycles. The Balaban J connectivity index is 1.60. The maximum atomic E-state index is 6.14. The van der Waals surface area contributed by atoms with Gasteiger partial charge < -0.3 is 14.9 Å². The first-order valence-corrected chi connectivity index (χ1v) is 6.73. The Bertz CT molecular complexity index is 498. The Kier molecular flexibility index (Phi) is 3.19. The zero-order valence-electron chi connectivity index (χ0n) is 10.6. The first kappa shape index (κ1) is 11.5. The van der Waals surface area contributed by atoms with Crippen LogP contribution in [0.5, 0.6) is 0 Å². The van der Waals surface area contributed by atoms with E-state index in [1.54, 1.807) is 0 Å². The van der Waals surface area contributed by atoms with Gasteiger partial charge in [-0.1, -0.05) is 0 Å². The topological polar surface area (TPSA) is 48.8 Å². The summed E-state index contributed by atoms with van der Waals surface area (Å²) in [5, 5.41) is 0. The lowest BCUT2D eigenvalue weighted by Gasteiger charge is -2.17. The van der Waals surface area contributed by atoms with Crippen LogP contribution in [0.25, 0.3) is 0 Å². The van der Waals surface area contributed by atoms with E-state index in [0.29, 0.717) is 0 Å². The van der Waals surface area contributed by atoms with Gasteiger partial charge in [0, 0.05) is 43.9 Å². The summed E-state index contributed by atoms with van der Waals surface area (Å²) in [7, 11) is 0. The second kappa shape index (κ2) is 4.98. The Morgan fingerprint density at radius 1 is 1.28 bits per heavy atom. The normalized spacial score (nSPS) is 18.8. The van der Waals surface area contributed by atoms with Crippen molar-refractivity contribution >= 4 is 0 Å². The summed E-state index contributed by atoms with van der Waals surface area (Å²) in [4.78, 5) is 4.05. The van der Waals surface area contributed by atoms with Gasteiger partial charge in [-0.25, -0.2) is 4.98 Å². The molecule has 0 bridgehead atoms. The molecule has 2 aromatic rings. The van der Waals surface area contributed by atoms with E-state index in [4.69, 9.17) is 5.73 Å². The summed E-state index contributed by atoms with van der Waals surface area (Å²) >= 11 is 0. The molecule has 96 valence electrons. The van der Waals surface area contributed by atoms with Crippen molar-refractivity contribution in [3.05, 3.63) is 42.2 Å².